The van der Waals surface area contributed by atoms with Gasteiger partial charge in [-0.2, -0.15) is 0 Å². The fraction of sp³-hybridized carbons (Fsp3) is 0.111. The number of ether oxygens (including phenoxy) is 2. The van der Waals surface area contributed by atoms with Gasteiger partial charge in [0.15, 0.2) is 0 Å². The molecule has 0 heterocycles. The van der Waals surface area contributed by atoms with Gasteiger partial charge in [-0.15, -0.1) is 0 Å². The monoisotopic (exact) mass is 266 g/mol. The fourth-order valence-corrected chi connectivity index (χ4v) is 1.58. The lowest BCUT2D eigenvalue weighted by atomic mass is 10.1. The predicted molar refractivity (Wildman–Crippen MR) is 82.2 cm³/mol. The first-order valence-corrected chi connectivity index (χ1v) is 6.47. The first kappa shape index (κ1) is 13.9. The van der Waals surface area contributed by atoms with Crippen LogP contribution in [-0.2, 0) is 0 Å². The van der Waals surface area contributed by atoms with Crippen molar-refractivity contribution in [2.75, 3.05) is 13.2 Å². The Morgan fingerprint density at radius 2 is 1.00 bits per heavy atom. The molecule has 0 saturated heterocycles. The molecule has 0 aliphatic rings. The molecule has 0 saturated carbocycles. The van der Waals surface area contributed by atoms with E-state index in [4.69, 9.17) is 9.47 Å². The van der Waals surface area contributed by atoms with Crippen LogP contribution in [0.15, 0.2) is 85.0 Å². The van der Waals surface area contributed by atoms with E-state index >= 15 is 0 Å². The van der Waals surface area contributed by atoms with Crippen LogP contribution in [-0.4, -0.2) is 13.2 Å². The Morgan fingerprint density at radius 3 is 1.35 bits per heavy atom. The molecule has 2 nitrogen and oxygen atoms in total. The summed E-state index contributed by atoms with van der Waals surface area (Å²) >= 11 is 0. The number of hydrogen-bond donors (Lipinski definition) is 0. The van der Waals surface area contributed by atoms with Gasteiger partial charge < -0.3 is 9.47 Å². The van der Waals surface area contributed by atoms with Gasteiger partial charge in [0.25, 0.3) is 0 Å². The smallest absolute Gasteiger partial charge is 0.119 e. The zero-order chi connectivity index (χ0) is 14.2. The molecule has 0 aromatic heterocycles. The van der Waals surface area contributed by atoms with Crippen molar-refractivity contribution in [3.8, 4) is 11.5 Å². The van der Waals surface area contributed by atoms with Gasteiger partial charge in [-0.1, -0.05) is 49.6 Å². The Bertz CT molecular complexity index is 505. The molecule has 0 fully saturated rings. The summed E-state index contributed by atoms with van der Waals surface area (Å²) in [6.07, 6.45) is 0. The summed E-state index contributed by atoms with van der Waals surface area (Å²) in [7, 11) is 0. The van der Waals surface area contributed by atoms with Gasteiger partial charge in [0.2, 0.25) is 0 Å². The third kappa shape index (κ3) is 4.32. The highest BCUT2D eigenvalue weighted by molar-refractivity contribution is 5.30. The topological polar surface area (TPSA) is 18.5 Å². The Balaban J connectivity index is 1.76. The Morgan fingerprint density at radius 1 is 0.650 bits per heavy atom. The summed E-state index contributed by atoms with van der Waals surface area (Å²) in [4.78, 5) is 0. The van der Waals surface area contributed by atoms with Crippen molar-refractivity contribution >= 4 is 0 Å². The quantitative estimate of drug-likeness (QED) is 0.697. The lowest BCUT2D eigenvalue weighted by Gasteiger charge is -2.12. The molecule has 2 aromatic carbocycles. The van der Waals surface area contributed by atoms with Gasteiger partial charge in [-0.3, -0.25) is 0 Å². The average molecular weight is 266 g/mol. The first-order valence-electron chi connectivity index (χ1n) is 6.47. The SMILES string of the molecule is C=C(COc1ccccc1)C(=C)COc1ccccc1. The molecule has 0 bridgehead atoms. The largest absolute Gasteiger partial charge is 0.489 e. The van der Waals surface area contributed by atoms with E-state index in [1.807, 2.05) is 60.7 Å². The number of hydrogen-bond acceptors (Lipinski definition) is 2. The fourth-order valence-electron chi connectivity index (χ4n) is 1.58. The Hall–Kier alpha value is -2.48. The van der Waals surface area contributed by atoms with Crippen LogP contribution in [0, 0.1) is 0 Å². The average Bonchev–Trinajstić information content (AvgIpc) is 2.52. The molecule has 0 unspecified atom stereocenters. The number of benzene rings is 2. The summed E-state index contributed by atoms with van der Waals surface area (Å²) in [5.74, 6) is 1.65. The molecule has 0 N–H and O–H groups in total. The summed E-state index contributed by atoms with van der Waals surface area (Å²) in [5.41, 5.74) is 1.68. The van der Waals surface area contributed by atoms with Crippen LogP contribution in [0.3, 0.4) is 0 Å². The number of rotatable bonds is 7. The van der Waals surface area contributed by atoms with Crippen molar-refractivity contribution in [3.05, 3.63) is 85.0 Å². The second-order valence-corrected chi connectivity index (χ2v) is 4.41. The number of para-hydroxylation sites is 2. The highest BCUT2D eigenvalue weighted by atomic mass is 16.5. The molecule has 20 heavy (non-hydrogen) atoms. The predicted octanol–water partition coefficient (Wildman–Crippen LogP) is 4.26. The van der Waals surface area contributed by atoms with Crippen molar-refractivity contribution in [2.24, 2.45) is 0 Å². The second kappa shape index (κ2) is 7.19. The minimum Gasteiger partial charge on any atom is -0.489 e. The molecule has 2 heteroatoms. The van der Waals surface area contributed by atoms with E-state index in [0.29, 0.717) is 13.2 Å². The lowest BCUT2D eigenvalue weighted by molar-refractivity contribution is 0.334. The van der Waals surface area contributed by atoms with Crippen LogP contribution in [0.25, 0.3) is 0 Å². The van der Waals surface area contributed by atoms with E-state index < -0.39 is 0 Å². The van der Waals surface area contributed by atoms with Gasteiger partial charge in [-0.05, 0) is 35.4 Å². The highest BCUT2D eigenvalue weighted by Gasteiger charge is 2.03. The zero-order valence-corrected chi connectivity index (χ0v) is 11.4. The Kier molecular flexibility index (Phi) is 5.01. The maximum Gasteiger partial charge on any atom is 0.119 e. The van der Waals surface area contributed by atoms with Gasteiger partial charge in [0.05, 0.1) is 0 Å². The van der Waals surface area contributed by atoms with Crippen molar-refractivity contribution in [1.29, 1.82) is 0 Å². The van der Waals surface area contributed by atoms with Gasteiger partial charge in [0.1, 0.15) is 24.7 Å². The molecular weight excluding hydrogens is 248 g/mol. The van der Waals surface area contributed by atoms with Gasteiger partial charge in [0, 0.05) is 0 Å². The molecule has 2 rings (SSSR count). The zero-order valence-electron chi connectivity index (χ0n) is 11.4. The van der Waals surface area contributed by atoms with Crippen LogP contribution in [0.1, 0.15) is 0 Å². The van der Waals surface area contributed by atoms with Crippen molar-refractivity contribution in [3.63, 3.8) is 0 Å². The van der Waals surface area contributed by atoms with E-state index in [1.165, 1.54) is 0 Å². The van der Waals surface area contributed by atoms with Crippen LogP contribution in [0.2, 0.25) is 0 Å². The summed E-state index contributed by atoms with van der Waals surface area (Å²) < 4.78 is 11.3. The third-order valence-electron chi connectivity index (χ3n) is 2.81. The molecule has 102 valence electrons. The van der Waals surface area contributed by atoms with Crippen molar-refractivity contribution in [2.45, 2.75) is 0 Å². The summed E-state index contributed by atoms with van der Waals surface area (Å²) in [6.45, 7) is 8.79. The summed E-state index contributed by atoms with van der Waals surface area (Å²) in [6, 6.07) is 19.3. The maximum atomic E-state index is 5.63. The molecule has 0 atom stereocenters. The molecule has 2 aromatic rings. The van der Waals surface area contributed by atoms with Crippen molar-refractivity contribution in [1.82, 2.24) is 0 Å². The molecule has 0 aliphatic carbocycles. The highest BCUT2D eigenvalue weighted by Crippen LogP contribution is 2.14. The summed E-state index contributed by atoms with van der Waals surface area (Å²) in [5, 5.41) is 0. The van der Waals surface area contributed by atoms with Gasteiger partial charge >= 0.3 is 0 Å². The first-order chi connectivity index (χ1) is 9.75. The van der Waals surface area contributed by atoms with Crippen LogP contribution >= 0.6 is 0 Å². The lowest BCUT2D eigenvalue weighted by Crippen LogP contribution is -2.08. The molecular formula is C18H18O2. The maximum absolute atomic E-state index is 5.63. The molecule has 0 aliphatic heterocycles. The van der Waals surface area contributed by atoms with E-state index in [9.17, 15) is 0 Å². The molecule has 0 radical (unpaired) electrons. The third-order valence-corrected chi connectivity index (χ3v) is 2.81. The molecule has 0 amide bonds. The molecule has 0 spiro atoms. The minimum atomic E-state index is 0.418. The van der Waals surface area contributed by atoms with Crippen molar-refractivity contribution < 1.29 is 9.47 Å². The van der Waals surface area contributed by atoms with E-state index in [0.717, 1.165) is 22.6 Å². The normalized spacial score (nSPS) is 9.80. The van der Waals surface area contributed by atoms with E-state index in [1.54, 1.807) is 0 Å². The minimum absolute atomic E-state index is 0.418. The van der Waals surface area contributed by atoms with E-state index in [2.05, 4.69) is 13.2 Å². The van der Waals surface area contributed by atoms with Gasteiger partial charge in [-0.25, -0.2) is 0 Å². The van der Waals surface area contributed by atoms with Crippen LogP contribution in [0.4, 0.5) is 0 Å². The van der Waals surface area contributed by atoms with Crippen LogP contribution < -0.4 is 9.47 Å². The Labute approximate surface area is 120 Å². The van der Waals surface area contributed by atoms with E-state index in [-0.39, 0.29) is 0 Å². The second-order valence-electron chi connectivity index (χ2n) is 4.41. The standard InChI is InChI=1S/C18H18O2/c1-15(13-19-17-9-5-3-6-10-17)16(2)14-20-18-11-7-4-8-12-18/h3-12H,1-2,13-14H2. The van der Waals surface area contributed by atoms with Crippen LogP contribution in [0.5, 0.6) is 11.5 Å².